The van der Waals surface area contributed by atoms with Gasteiger partial charge in [-0.25, -0.2) is 0 Å². The Kier molecular flexibility index (Phi) is 3.43. The number of rotatable bonds is 3. The van der Waals surface area contributed by atoms with Gasteiger partial charge < -0.3 is 11.1 Å². The van der Waals surface area contributed by atoms with Gasteiger partial charge in [0.05, 0.1) is 0 Å². The third kappa shape index (κ3) is 3.07. The zero-order chi connectivity index (χ0) is 12.3. The quantitative estimate of drug-likeness (QED) is 0.836. The van der Waals surface area contributed by atoms with E-state index in [1.165, 1.54) is 0 Å². The molecular weight excluding hydrogens is 238 g/mol. The Hall–Kier alpha value is -1.82. The summed E-state index contributed by atoms with van der Waals surface area (Å²) < 4.78 is 0. The van der Waals surface area contributed by atoms with Crippen molar-refractivity contribution < 1.29 is 9.59 Å². The summed E-state index contributed by atoms with van der Waals surface area (Å²) >= 11 is 1.13. The highest BCUT2D eigenvalue weighted by atomic mass is 32.2. The van der Waals surface area contributed by atoms with E-state index in [-0.39, 0.29) is 23.4 Å². The van der Waals surface area contributed by atoms with Gasteiger partial charge in [-0.3, -0.25) is 9.59 Å². The maximum Gasteiger partial charge on any atom is 0.262 e. The van der Waals surface area contributed by atoms with Crippen molar-refractivity contribution in [3.05, 3.63) is 30.3 Å². The topological polar surface area (TPSA) is 84.5 Å². The van der Waals surface area contributed by atoms with Crippen LogP contribution >= 0.6 is 11.8 Å². The lowest BCUT2D eigenvalue weighted by Gasteiger charge is -2.07. The fourth-order valence-corrected chi connectivity index (χ4v) is 2.26. The zero-order valence-electron chi connectivity index (χ0n) is 8.92. The van der Waals surface area contributed by atoms with E-state index in [2.05, 4.69) is 10.3 Å². The number of anilines is 1. The lowest BCUT2D eigenvalue weighted by Crippen LogP contribution is -2.21. The van der Waals surface area contributed by atoms with Crippen LogP contribution in [0, 0.1) is 0 Å². The van der Waals surface area contributed by atoms with E-state index in [0.717, 1.165) is 11.8 Å². The van der Waals surface area contributed by atoms with Crippen LogP contribution in [-0.2, 0) is 9.59 Å². The zero-order valence-corrected chi connectivity index (χ0v) is 9.74. The molecule has 0 fully saturated rings. The van der Waals surface area contributed by atoms with Crippen molar-refractivity contribution in [2.45, 2.75) is 11.7 Å². The molecule has 0 saturated carbocycles. The molecule has 6 heteroatoms. The Morgan fingerprint density at radius 2 is 2.12 bits per heavy atom. The van der Waals surface area contributed by atoms with Crippen LogP contribution in [0.3, 0.4) is 0 Å². The first-order valence-electron chi connectivity index (χ1n) is 5.05. The van der Waals surface area contributed by atoms with Crippen LogP contribution in [-0.4, -0.2) is 22.2 Å². The Bertz CT molecular complexity index is 473. The van der Waals surface area contributed by atoms with Crippen LogP contribution < -0.4 is 11.1 Å². The summed E-state index contributed by atoms with van der Waals surface area (Å²) in [6.07, 6.45) is 0.0859. The first-order chi connectivity index (χ1) is 8.15. The van der Waals surface area contributed by atoms with Gasteiger partial charge >= 0.3 is 0 Å². The minimum Gasteiger partial charge on any atom is -0.378 e. The third-order valence-corrected chi connectivity index (χ3v) is 3.17. The number of amides is 2. The van der Waals surface area contributed by atoms with E-state index in [1.54, 1.807) is 12.1 Å². The SMILES string of the molecule is NC1=NC(=O)[C@@H](CC(=O)Nc2ccccc2)S1. The van der Waals surface area contributed by atoms with Gasteiger partial charge in [0, 0.05) is 12.1 Å². The molecule has 1 aromatic rings. The maximum absolute atomic E-state index is 11.7. The molecule has 0 unspecified atom stereocenters. The fraction of sp³-hybridized carbons (Fsp3) is 0.182. The molecule has 0 radical (unpaired) electrons. The number of aliphatic imine (C=N–C) groups is 1. The van der Waals surface area contributed by atoms with Crippen molar-refractivity contribution in [3.63, 3.8) is 0 Å². The van der Waals surface area contributed by atoms with Crippen LogP contribution in [0.15, 0.2) is 35.3 Å². The highest BCUT2D eigenvalue weighted by molar-refractivity contribution is 8.15. The van der Waals surface area contributed by atoms with E-state index in [4.69, 9.17) is 5.73 Å². The first-order valence-corrected chi connectivity index (χ1v) is 5.92. The number of nitrogens with zero attached hydrogens (tertiary/aromatic N) is 1. The summed E-state index contributed by atoms with van der Waals surface area (Å²) in [7, 11) is 0. The molecule has 17 heavy (non-hydrogen) atoms. The fourth-order valence-electron chi connectivity index (χ4n) is 1.43. The molecular formula is C11H11N3O2S. The van der Waals surface area contributed by atoms with Crippen molar-refractivity contribution in [2.75, 3.05) is 5.32 Å². The molecule has 0 spiro atoms. The standard InChI is InChI=1S/C11H11N3O2S/c12-11-14-10(16)8(17-11)6-9(15)13-7-4-2-1-3-5-7/h1-5,8H,6H2,(H,13,15)(H2,12,14,16)/t8-/m1/s1. The Morgan fingerprint density at radius 3 is 2.71 bits per heavy atom. The monoisotopic (exact) mass is 249 g/mol. The van der Waals surface area contributed by atoms with Crippen molar-refractivity contribution in [2.24, 2.45) is 10.7 Å². The molecule has 0 bridgehead atoms. The van der Waals surface area contributed by atoms with Gasteiger partial charge in [-0.2, -0.15) is 4.99 Å². The summed E-state index contributed by atoms with van der Waals surface area (Å²) in [5.41, 5.74) is 6.11. The molecule has 1 aliphatic heterocycles. The average molecular weight is 249 g/mol. The number of hydrogen-bond donors (Lipinski definition) is 2. The number of hydrogen-bond acceptors (Lipinski definition) is 4. The minimum atomic E-state index is -0.487. The number of thioether (sulfide) groups is 1. The van der Waals surface area contributed by atoms with E-state index in [1.807, 2.05) is 18.2 Å². The van der Waals surface area contributed by atoms with Gasteiger partial charge in [0.15, 0.2) is 5.17 Å². The van der Waals surface area contributed by atoms with Gasteiger partial charge in [0.25, 0.3) is 5.91 Å². The molecule has 0 aliphatic carbocycles. The summed E-state index contributed by atoms with van der Waals surface area (Å²) in [6.45, 7) is 0. The largest absolute Gasteiger partial charge is 0.378 e. The molecule has 1 heterocycles. The second-order valence-electron chi connectivity index (χ2n) is 3.51. The highest BCUT2D eigenvalue weighted by Gasteiger charge is 2.29. The number of carbonyl (C=O) groups is 2. The van der Waals surface area contributed by atoms with Gasteiger partial charge in [0.2, 0.25) is 5.91 Å². The molecule has 3 N–H and O–H groups in total. The lowest BCUT2D eigenvalue weighted by atomic mass is 10.2. The summed E-state index contributed by atoms with van der Waals surface area (Å²) in [4.78, 5) is 26.5. The number of benzene rings is 1. The average Bonchev–Trinajstić information content (AvgIpc) is 2.58. The maximum atomic E-state index is 11.7. The Labute approximate surface area is 102 Å². The lowest BCUT2D eigenvalue weighted by molar-refractivity contribution is -0.121. The molecule has 88 valence electrons. The normalized spacial score (nSPS) is 18.9. The summed E-state index contributed by atoms with van der Waals surface area (Å²) in [6, 6.07) is 9.08. The van der Waals surface area contributed by atoms with Crippen molar-refractivity contribution in [1.29, 1.82) is 0 Å². The smallest absolute Gasteiger partial charge is 0.262 e. The molecule has 2 rings (SSSR count). The number of carbonyl (C=O) groups excluding carboxylic acids is 2. The highest BCUT2D eigenvalue weighted by Crippen LogP contribution is 2.23. The predicted molar refractivity (Wildman–Crippen MR) is 67.7 cm³/mol. The summed E-state index contributed by atoms with van der Waals surface area (Å²) in [5.74, 6) is -0.553. The first kappa shape index (κ1) is 11.7. The van der Waals surface area contributed by atoms with E-state index < -0.39 is 5.25 Å². The molecule has 1 aromatic carbocycles. The second-order valence-corrected chi connectivity index (χ2v) is 4.74. The number of nitrogens with one attached hydrogen (secondary N) is 1. The van der Waals surface area contributed by atoms with Gasteiger partial charge in [-0.15, -0.1) is 0 Å². The second kappa shape index (κ2) is 5.01. The van der Waals surface area contributed by atoms with Crippen molar-refractivity contribution in [3.8, 4) is 0 Å². The number of amidine groups is 1. The van der Waals surface area contributed by atoms with Gasteiger partial charge in [-0.05, 0) is 12.1 Å². The summed E-state index contributed by atoms with van der Waals surface area (Å²) in [5, 5.41) is 2.45. The number of nitrogens with two attached hydrogens (primary N) is 1. The van der Waals surface area contributed by atoms with E-state index >= 15 is 0 Å². The molecule has 1 atom stereocenters. The van der Waals surface area contributed by atoms with Crippen LogP contribution in [0.4, 0.5) is 5.69 Å². The van der Waals surface area contributed by atoms with E-state index in [9.17, 15) is 9.59 Å². The van der Waals surface area contributed by atoms with Crippen molar-refractivity contribution in [1.82, 2.24) is 0 Å². The molecule has 1 aliphatic rings. The third-order valence-electron chi connectivity index (χ3n) is 2.19. The molecule has 5 nitrogen and oxygen atoms in total. The van der Waals surface area contributed by atoms with Crippen LogP contribution in [0.1, 0.15) is 6.42 Å². The van der Waals surface area contributed by atoms with Crippen LogP contribution in [0.5, 0.6) is 0 Å². The molecule has 0 saturated heterocycles. The number of para-hydroxylation sites is 1. The van der Waals surface area contributed by atoms with Gasteiger partial charge in [-0.1, -0.05) is 30.0 Å². The van der Waals surface area contributed by atoms with Gasteiger partial charge in [0.1, 0.15) is 5.25 Å². The van der Waals surface area contributed by atoms with Crippen LogP contribution in [0.25, 0.3) is 0 Å². The Morgan fingerprint density at radius 1 is 1.41 bits per heavy atom. The predicted octanol–water partition coefficient (Wildman–Crippen LogP) is 0.972. The van der Waals surface area contributed by atoms with Crippen LogP contribution in [0.2, 0.25) is 0 Å². The molecule has 2 amide bonds. The van der Waals surface area contributed by atoms with Crippen molar-refractivity contribution >= 4 is 34.4 Å². The Balaban J connectivity index is 1.89. The van der Waals surface area contributed by atoms with E-state index in [0.29, 0.717) is 5.69 Å². The minimum absolute atomic E-state index is 0.0859. The molecule has 0 aromatic heterocycles.